The number of nitrogens with one attached hydrogen (secondary N) is 1. The molecule has 0 aromatic heterocycles. The zero-order valence-corrected chi connectivity index (χ0v) is 19.8. The van der Waals surface area contributed by atoms with Gasteiger partial charge in [0.25, 0.3) is 0 Å². The molecule has 2 aromatic rings. The Morgan fingerprint density at radius 3 is 2.18 bits per heavy atom. The lowest BCUT2D eigenvalue weighted by Gasteiger charge is -2.22. The van der Waals surface area contributed by atoms with E-state index in [0.717, 1.165) is 18.4 Å². The summed E-state index contributed by atoms with van der Waals surface area (Å²) in [7, 11) is 0. The van der Waals surface area contributed by atoms with E-state index in [9.17, 15) is 13.6 Å². The third-order valence-corrected chi connectivity index (χ3v) is 5.15. The van der Waals surface area contributed by atoms with Crippen molar-refractivity contribution >= 4 is 11.6 Å². The second-order valence-corrected chi connectivity index (χ2v) is 7.80. The summed E-state index contributed by atoms with van der Waals surface area (Å²) in [4.78, 5) is 14.9. The quantitative estimate of drug-likeness (QED) is 0.408. The van der Waals surface area contributed by atoms with Gasteiger partial charge in [0.05, 0.1) is 26.4 Å². The molecule has 34 heavy (non-hydrogen) atoms. The Labute approximate surface area is 198 Å². The highest BCUT2D eigenvalue weighted by Crippen LogP contribution is 2.33. The van der Waals surface area contributed by atoms with Gasteiger partial charge in [0, 0.05) is 24.3 Å². The Morgan fingerprint density at radius 1 is 0.941 bits per heavy atom. The van der Waals surface area contributed by atoms with Crippen LogP contribution in [0.4, 0.5) is 14.5 Å². The lowest BCUT2D eigenvalue weighted by atomic mass is 10.2. The first-order chi connectivity index (χ1) is 16.4. The van der Waals surface area contributed by atoms with E-state index in [-0.39, 0.29) is 24.0 Å². The summed E-state index contributed by atoms with van der Waals surface area (Å²) < 4.78 is 46.6. The molecule has 1 saturated carbocycles. The highest BCUT2D eigenvalue weighted by molar-refractivity contribution is 5.92. The maximum atomic E-state index is 12.8. The maximum Gasteiger partial charge on any atom is 0.387 e. The fourth-order valence-corrected chi connectivity index (χ4v) is 3.61. The van der Waals surface area contributed by atoms with Crippen LogP contribution in [0, 0.1) is 0 Å². The predicted molar refractivity (Wildman–Crippen MR) is 125 cm³/mol. The predicted octanol–water partition coefficient (Wildman–Crippen LogP) is 5.09. The first-order valence-electron chi connectivity index (χ1n) is 11.6. The van der Waals surface area contributed by atoms with Gasteiger partial charge in [-0.2, -0.15) is 8.78 Å². The zero-order valence-electron chi connectivity index (χ0n) is 19.8. The van der Waals surface area contributed by atoms with E-state index in [4.69, 9.17) is 14.2 Å². The van der Waals surface area contributed by atoms with Crippen LogP contribution in [0.25, 0.3) is 0 Å². The van der Waals surface area contributed by atoms with Crippen molar-refractivity contribution in [3.05, 3.63) is 42.0 Å². The fraction of sp³-hybridized carbons (Fsp3) is 0.480. The molecule has 7 nitrogen and oxygen atoms in total. The molecule has 0 heterocycles. The number of hydrogen-bond donors (Lipinski definition) is 1. The van der Waals surface area contributed by atoms with E-state index in [0.29, 0.717) is 49.6 Å². The van der Waals surface area contributed by atoms with Gasteiger partial charge in [0.15, 0.2) is 23.0 Å². The highest BCUT2D eigenvalue weighted by atomic mass is 19.3. The molecule has 9 heteroatoms. The van der Waals surface area contributed by atoms with E-state index >= 15 is 0 Å². The lowest BCUT2D eigenvalue weighted by molar-refractivity contribution is -0.117. The Hall–Kier alpha value is -3.07. The summed E-state index contributed by atoms with van der Waals surface area (Å²) >= 11 is 0. The first kappa shape index (κ1) is 25.6. The summed E-state index contributed by atoms with van der Waals surface area (Å²) in [5.41, 5.74) is 1.48. The van der Waals surface area contributed by atoms with E-state index < -0.39 is 6.61 Å². The summed E-state index contributed by atoms with van der Waals surface area (Å²) in [6.07, 6.45) is 2.02. The number of carbonyl (C=O) groups excluding carboxylic acids is 1. The van der Waals surface area contributed by atoms with Gasteiger partial charge in [0.1, 0.15) is 0 Å². The molecule has 3 rings (SSSR count). The standard InChI is InChI=1S/C25H32F2N2O5/c1-4-31-20-12-8-18(14-23(20)33-6-3)28-24(30)16-29(19-9-10-19)15-17-7-11-21(34-25(26)27)22(13-17)32-5-2/h7-8,11-14,19,25H,4-6,9-10,15-16H2,1-3H3,(H,28,30). The topological polar surface area (TPSA) is 69.3 Å². The normalized spacial score (nSPS) is 13.1. The smallest absolute Gasteiger partial charge is 0.387 e. The number of carbonyl (C=O) groups is 1. The first-order valence-corrected chi connectivity index (χ1v) is 11.6. The molecule has 1 amide bonds. The largest absolute Gasteiger partial charge is 0.490 e. The van der Waals surface area contributed by atoms with Crippen molar-refractivity contribution in [2.45, 2.75) is 52.8 Å². The van der Waals surface area contributed by atoms with Crippen LogP contribution in [-0.4, -0.2) is 49.8 Å². The van der Waals surface area contributed by atoms with Crippen LogP contribution in [-0.2, 0) is 11.3 Å². The number of nitrogens with zero attached hydrogens (tertiary/aromatic N) is 1. The number of alkyl halides is 2. The van der Waals surface area contributed by atoms with Crippen LogP contribution >= 0.6 is 0 Å². The zero-order chi connectivity index (χ0) is 24.5. The van der Waals surface area contributed by atoms with E-state index in [1.165, 1.54) is 6.07 Å². The minimum Gasteiger partial charge on any atom is -0.490 e. The van der Waals surface area contributed by atoms with Gasteiger partial charge < -0.3 is 24.3 Å². The van der Waals surface area contributed by atoms with Gasteiger partial charge >= 0.3 is 6.61 Å². The number of hydrogen-bond acceptors (Lipinski definition) is 6. The van der Waals surface area contributed by atoms with Gasteiger partial charge in [-0.1, -0.05) is 6.07 Å². The summed E-state index contributed by atoms with van der Waals surface area (Å²) in [5.74, 6) is 1.32. The minimum atomic E-state index is -2.93. The Morgan fingerprint density at radius 2 is 1.56 bits per heavy atom. The van der Waals surface area contributed by atoms with Crippen LogP contribution in [0.5, 0.6) is 23.0 Å². The molecular weight excluding hydrogens is 446 g/mol. The number of anilines is 1. The molecule has 0 spiro atoms. The summed E-state index contributed by atoms with van der Waals surface area (Å²) in [5, 5.41) is 2.93. The van der Waals surface area contributed by atoms with Gasteiger partial charge in [-0.05, 0) is 63.4 Å². The van der Waals surface area contributed by atoms with Gasteiger partial charge in [-0.25, -0.2) is 0 Å². The van der Waals surface area contributed by atoms with Crippen molar-refractivity contribution in [1.82, 2.24) is 4.90 Å². The highest BCUT2D eigenvalue weighted by Gasteiger charge is 2.30. The van der Waals surface area contributed by atoms with Crippen molar-refractivity contribution in [3.8, 4) is 23.0 Å². The molecule has 0 radical (unpaired) electrons. The summed E-state index contributed by atoms with van der Waals surface area (Å²) in [6, 6.07) is 10.5. The molecule has 1 fully saturated rings. The monoisotopic (exact) mass is 478 g/mol. The average molecular weight is 479 g/mol. The molecule has 0 saturated heterocycles. The van der Waals surface area contributed by atoms with Crippen LogP contribution in [0.15, 0.2) is 36.4 Å². The second-order valence-electron chi connectivity index (χ2n) is 7.80. The third-order valence-electron chi connectivity index (χ3n) is 5.15. The van der Waals surface area contributed by atoms with Gasteiger partial charge in [-0.15, -0.1) is 0 Å². The average Bonchev–Trinajstić information content (AvgIpc) is 3.62. The number of ether oxygens (including phenoxy) is 4. The van der Waals surface area contributed by atoms with Crippen LogP contribution in [0.3, 0.4) is 0 Å². The Kier molecular flexibility index (Phi) is 9.33. The second kappa shape index (κ2) is 12.4. The number of amides is 1. The SMILES string of the molecule is CCOc1ccc(NC(=O)CN(Cc2ccc(OC(F)F)c(OCC)c2)C2CC2)cc1OCC. The molecule has 0 atom stereocenters. The fourth-order valence-electron chi connectivity index (χ4n) is 3.61. The van der Waals surface area contributed by atoms with Crippen molar-refractivity contribution in [1.29, 1.82) is 0 Å². The Bertz CT molecular complexity index is 953. The number of halogens is 2. The van der Waals surface area contributed by atoms with E-state index in [1.807, 2.05) is 13.8 Å². The molecule has 0 unspecified atom stereocenters. The molecule has 2 aromatic carbocycles. The van der Waals surface area contributed by atoms with E-state index in [2.05, 4.69) is 15.0 Å². The molecule has 1 N–H and O–H groups in total. The van der Waals surface area contributed by atoms with Crippen molar-refractivity contribution in [2.75, 3.05) is 31.7 Å². The van der Waals surface area contributed by atoms with Gasteiger partial charge in [0.2, 0.25) is 5.91 Å². The number of benzene rings is 2. The molecular formula is C25H32F2N2O5. The van der Waals surface area contributed by atoms with Crippen LogP contribution in [0.1, 0.15) is 39.2 Å². The lowest BCUT2D eigenvalue weighted by Crippen LogP contribution is -2.34. The van der Waals surface area contributed by atoms with Crippen molar-refractivity contribution in [3.63, 3.8) is 0 Å². The number of rotatable bonds is 14. The van der Waals surface area contributed by atoms with Crippen molar-refractivity contribution < 1.29 is 32.5 Å². The van der Waals surface area contributed by atoms with Crippen LogP contribution < -0.4 is 24.3 Å². The molecule has 0 bridgehead atoms. The minimum absolute atomic E-state index is 0.00285. The van der Waals surface area contributed by atoms with E-state index in [1.54, 1.807) is 37.3 Å². The summed E-state index contributed by atoms with van der Waals surface area (Å²) in [6.45, 7) is 4.64. The van der Waals surface area contributed by atoms with Gasteiger partial charge in [-0.3, -0.25) is 9.69 Å². The van der Waals surface area contributed by atoms with Crippen molar-refractivity contribution in [2.24, 2.45) is 0 Å². The maximum absolute atomic E-state index is 12.8. The van der Waals surface area contributed by atoms with Crippen LogP contribution in [0.2, 0.25) is 0 Å². The molecule has 1 aliphatic rings. The molecule has 1 aliphatic carbocycles. The Balaban J connectivity index is 1.67. The molecule has 186 valence electrons. The third kappa shape index (κ3) is 7.48. The molecule has 0 aliphatic heterocycles.